The van der Waals surface area contributed by atoms with E-state index in [2.05, 4.69) is 15.3 Å². The molecular formula is C16H19N3O2S. The molecule has 1 aliphatic rings. The molecule has 1 atom stereocenters. The Morgan fingerprint density at radius 3 is 2.91 bits per heavy atom. The van der Waals surface area contributed by atoms with Gasteiger partial charge in [-0.1, -0.05) is 0 Å². The molecule has 5 nitrogen and oxygen atoms in total. The van der Waals surface area contributed by atoms with Crippen LogP contribution in [0.1, 0.15) is 56.1 Å². The summed E-state index contributed by atoms with van der Waals surface area (Å²) in [6, 6.07) is 1.72. The number of aromatic amines is 1. The van der Waals surface area contributed by atoms with Crippen molar-refractivity contribution >= 4 is 17.2 Å². The minimum Gasteiger partial charge on any atom is -0.343 e. The van der Waals surface area contributed by atoms with E-state index in [0.29, 0.717) is 5.56 Å². The van der Waals surface area contributed by atoms with Gasteiger partial charge in [0.2, 0.25) is 0 Å². The zero-order valence-electron chi connectivity index (χ0n) is 12.9. The molecule has 0 bridgehead atoms. The third-order valence-electron chi connectivity index (χ3n) is 3.96. The highest BCUT2D eigenvalue weighted by Gasteiger charge is 2.27. The third-order valence-corrected chi connectivity index (χ3v) is 5.01. The van der Waals surface area contributed by atoms with Gasteiger partial charge in [-0.05, 0) is 51.7 Å². The number of H-pyrrole nitrogens is 1. The Labute approximate surface area is 132 Å². The van der Waals surface area contributed by atoms with E-state index in [1.54, 1.807) is 18.3 Å². The molecule has 0 unspecified atom stereocenters. The van der Waals surface area contributed by atoms with Crippen molar-refractivity contribution in [1.82, 2.24) is 15.3 Å². The van der Waals surface area contributed by atoms with Crippen LogP contribution in [0.3, 0.4) is 0 Å². The van der Waals surface area contributed by atoms with Crippen LogP contribution >= 0.6 is 11.3 Å². The molecule has 2 heterocycles. The molecule has 0 saturated heterocycles. The van der Waals surface area contributed by atoms with Crippen molar-refractivity contribution in [2.24, 2.45) is 0 Å². The number of aryl methyl sites for hydroxylation is 4. The van der Waals surface area contributed by atoms with Crippen LogP contribution < -0.4 is 10.9 Å². The second-order valence-electron chi connectivity index (χ2n) is 5.80. The highest BCUT2D eigenvalue weighted by molar-refractivity contribution is 7.11. The van der Waals surface area contributed by atoms with Gasteiger partial charge < -0.3 is 10.3 Å². The van der Waals surface area contributed by atoms with Gasteiger partial charge in [0.1, 0.15) is 5.56 Å². The molecule has 0 radical (unpaired) electrons. The molecule has 116 valence electrons. The van der Waals surface area contributed by atoms with Crippen molar-refractivity contribution in [1.29, 1.82) is 0 Å². The van der Waals surface area contributed by atoms with E-state index in [4.69, 9.17) is 0 Å². The average molecular weight is 317 g/mol. The van der Waals surface area contributed by atoms with Crippen LogP contribution in [-0.4, -0.2) is 15.9 Å². The normalized spacial score (nSPS) is 17.1. The maximum atomic E-state index is 12.5. The topological polar surface area (TPSA) is 74.8 Å². The summed E-state index contributed by atoms with van der Waals surface area (Å²) in [6.07, 6.45) is 2.92. The molecule has 0 aromatic carbocycles. The van der Waals surface area contributed by atoms with Crippen molar-refractivity contribution < 1.29 is 4.79 Å². The lowest BCUT2D eigenvalue weighted by Crippen LogP contribution is -2.35. The van der Waals surface area contributed by atoms with Gasteiger partial charge in [0.15, 0.2) is 0 Å². The van der Waals surface area contributed by atoms with Crippen molar-refractivity contribution in [2.45, 2.75) is 46.1 Å². The molecule has 2 N–H and O–H groups in total. The molecule has 0 fully saturated rings. The molecule has 22 heavy (non-hydrogen) atoms. The van der Waals surface area contributed by atoms with Gasteiger partial charge in [-0.15, -0.1) is 11.3 Å². The summed E-state index contributed by atoms with van der Waals surface area (Å²) in [6.45, 7) is 5.58. The number of thiazole rings is 1. The Kier molecular flexibility index (Phi) is 3.87. The number of carbonyl (C=O) groups excluding carboxylic acids is 1. The lowest BCUT2D eigenvalue weighted by molar-refractivity contribution is 0.0929. The number of fused-ring (bicyclic) bond motifs is 1. The number of amides is 1. The van der Waals surface area contributed by atoms with E-state index < -0.39 is 0 Å². The molecule has 2 aromatic rings. The molecular weight excluding hydrogens is 298 g/mol. The Balaban J connectivity index is 1.89. The SMILES string of the molecule is Cc1cc(C)c(C(=O)N[C@H]2CCCc3sc(C)nc32)c(=O)[nH]1. The minimum absolute atomic E-state index is 0.0960. The predicted molar refractivity (Wildman–Crippen MR) is 86.5 cm³/mol. The number of nitrogens with zero attached hydrogens (tertiary/aromatic N) is 1. The largest absolute Gasteiger partial charge is 0.343 e. The Bertz CT molecular complexity index is 791. The second kappa shape index (κ2) is 5.68. The van der Waals surface area contributed by atoms with Crippen LogP contribution in [0.25, 0.3) is 0 Å². The van der Waals surface area contributed by atoms with Crippen LogP contribution in [0.5, 0.6) is 0 Å². The van der Waals surface area contributed by atoms with Gasteiger partial charge >= 0.3 is 0 Å². The summed E-state index contributed by atoms with van der Waals surface area (Å²) in [5.41, 5.74) is 2.30. The summed E-state index contributed by atoms with van der Waals surface area (Å²) < 4.78 is 0. The zero-order valence-corrected chi connectivity index (χ0v) is 13.8. The first-order chi connectivity index (χ1) is 10.5. The van der Waals surface area contributed by atoms with Crippen molar-refractivity contribution in [3.8, 4) is 0 Å². The molecule has 0 saturated carbocycles. The smallest absolute Gasteiger partial charge is 0.261 e. The van der Waals surface area contributed by atoms with Crippen molar-refractivity contribution in [2.75, 3.05) is 0 Å². The Hall–Kier alpha value is -1.95. The number of aromatic nitrogens is 2. The number of hydrogen-bond donors (Lipinski definition) is 2. The van der Waals surface area contributed by atoms with Gasteiger partial charge in [0, 0.05) is 10.6 Å². The number of rotatable bonds is 2. The number of pyridine rings is 1. The summed E-state index contributed by atoms with van der Waals surface area (Å²) in [5, 5.41) is 4.01. The molecule has 3 rings (SSSR count). The first kappa shape index (κ1) is 15.0. The van der Waals surface area contributed by atoms with Gasteiger partial charge in [0.05, 0.1) is 16.7 Å². The molecule has 1 aliphatic carbocycles. The molecule has 0 spiro atoms. The summed E-state index contributed by atoms with van der Waals surface area (Å²) in [5.74, 6) is -0.317. The predicted octanol–water partition coefficient (Wildman–Crippen LogP) is 2.56. The first-order valence-corrected chi connectivity index (χ1v) is 8.25. The lowest BCUT2D eigenvalue weighted by Gasteiger charge is -2.22. The van der Waals surface area contributed by atoms with Crippen LogP contribution in [0.2, 0.25) is 0 Å². The van der Waals surface area contributed by atoms with Crippen LogP contribution in [0, 0.1) is 20.8 Å². The Morgan fingerprint density at radius 2 is 2.18 bits per heavy atom. The van der Waals surface area contributed by atoms with E-state index in [0.717, 1.165) is 35.7 Å². The quantitative estimate of drug-likeness (QED) is 0.894. The molecule has 2 aromatic heterocycles. The molecule has 6 heteroatoms. The number of carbonyl (C=O) groups is 1. The van der Waals surface area contributed by atoms with E-state index in [-0.39, 0.29) is 23.1 Å². The fourth-order valence-electron chi connectivity index (χ4n) is 3.05. The van der Waals surface area contributed by atoms with Gasteiger partial charge in [-0.3, -0.25) is 9.59 Å². The number of hydrogen-bond acceptors (Lipinski definition) is 4. The van der Waals surface area contributed by atoms with Crippen LogP contribution in [-0.2, 0) is 6.42 Å². The van der Waals surface area contributed by atoms with E-state index >= 15 is 0 Å². The first-order valence-electron chi connectivity index (χ1n) is 7.43. The van der Waals surface area contributed by atoms with Crippen LogP contribution in [0.4, 0.5) is 0 Å². The maximum absolute atomic E-state index is 12.5. The monoisotopic (exact) mass is 317 g/mol. The third kappa shape index (κ3) is 2.70. The highest BCUT2D eigenvalue weighted by Crippen LogP contribution is 2.33. The van der Waals surface area contributed by atoms with Gasteiger partial charge in [0.25, 0.3) is 11.5 Å². The van der Waals surface area contributed by atoms with Gasteiger partial charge in [-0.2, -0.15) is 0 Å². The summed E-state index contributed by atoms with van der Waals surface area (Å²) in [4.78, 5) is 33.1. The second-order valence-corrected chi connectivity index (χ2v) is 7.09. The highest BCUT2D eigenvalue weighted by atomic mass is 32.1. The fourth-order valence-corrected chi connectivity index (χ4v) is 4.09. The van der Waals surface area contributed by atoms with Crippen molar-refractivity contribution in [3.63, 3.8) is 0 Å². The fraction of sp³-hybridized carbons (Fsp3) is 0.438. The average Bonchev–Trinajstić information content (AvgIpc) is 2.79. The standard InChI is InChI=1S/C16H19N3O2S/c1-8-7-9(2)17-15(20)13(8)16(21)19-11-5-4-6-12-14(11)18-10(3)22-12/h7,11H,4-6H2,1-3H3,(H,17,20)(H,19,21)/t11-/m0/s1. The number of nitrogens with one attached hydrogen (secondary N) is 2. The molecule has 0 aliphatic heterocycles. The maximum Gasteiger partial charge on any atom is 0.261 e. The molecule has 1 amide bonds. The van der Waals surface area contributed by atoms with Crippen LogP contribution in [0.15, 0.2) is 10.9 Å². The zero-order chi connectivity index (χ0) is 15.9. The summed E-state index contributed by atoms with van der Waals surface area (Å²) in [7, 11) is 0. The van der Waals surface area contributed by atoms with Crippen molar-refractivity contribution in [3.05, 3.63) is 48.8 Å². The lowest BCUT2D eigenvalue weighted by atomic mass is 9.97. The van der Waals surface area contributed by atoms with E-state index in [1.165, 1.54) is 4.88 Å². The Morgan fingerprint density at radius 1 is 1.41 bits per heavy atom. The summed E-state index contributed by atoms with van der Waals surface area (Å²) >= 11 is 1.69. The van der Waals surface area contributed by atoms with E-state index in [9.17, 15) is 9.59 Å². The minimum atomic E-state index is -0.333. The van der Waals surface area contributed by atoms with Gasteiger partial charge in [-0.25, -0.2) is 4.98 Å². The van der Waals surface area contributed by atoms with E-state index in [1.807, 2.05) is 19.9 Å².